The molecule has 114 valence electrons. The number of aromatic hydroxyl groups is 1. The largest absolute Gasteiger partial charge is 0.494 e. The fourth-order valence-corrected chi connectivity index (χ4v) is 2.86. The van der Waals surface area contributed by atoms with Crippen LogP contribution in [-0.2, 0) is 4.79 Å². The first kappa shape index (κ1) is 15.1. The highest BCUT2D eigenvalue weighted by atomic mass is 16.4. The number of H-pyrrole nitrogens is 1. The average molecular weight is 294 g/mol. The van der Waals surface area contributed by atoms with Crippen LogP contribution in [0.1, 0.15) is 43.0 Å². The summed E-state index contributed by atoms with van der Waals surface area (Å²) in [4.78, 5) is 37.2. The molecule has 2 atom stereocenters. The normalized spacial score (nSPS) is 25.3. The van der Waals surface area contributed by atoms with E-state index in [-0.39, 0.29) is 11.5 Å². The quantitative estimate of drug-likeness (QED) is 0.658. The number of aromatic amines is 1. The lowest BCUT2D eigenvalue weighted by molar-refractivity contribution is -0.146. The minimum Gasteiger partial charge on any atom is -0.494 e. The van der Waals surface area contributed by atoms with Crippen molar-refractivity contribution in [3.63, 3.8) is 0 Å². The summed E-state index contributed by atoms with van der Waals surface area (Å²) < 4.78 is 0. The topological polar surface area (TPSA) is 119 Å². The Labute approximate surface area is 121 Å². The maximum absolute atomic E-state index is 12.2. The number of nitrogens with one attached hydrogen (secondary N) is 2. The van der Waals surface area contributed by atoms with Gasteiger partial charge in [0.2, 0.25) is 0 Å². The molecule has 0 spiro atoms. The van der Waals surface area contributed by atoms with Crippen molar-refractivity contribution >= 4 is 11.9 Å². The van der Waals surface area contributed by atoms with Crippen molar-refractivity contribution in [3.05, 3.63) is 28.0 Å². The average Bonchev–Trinajstić information content (AvgIpc) is 2.37. The molecule has 0 bridgehead atoms. The molecule has 1 aliphatic rings. The molecule has 1 aromatic heterocycles. The highest BCUT2D eigenvalue weighted by molar-refractivity contribution is 5.98. The second-order valence-electron chi connectivity index (χ2n) is 5.66. The Balaban J connectivity index is 2.26. The molecule has 1 saturated carbocycles. The van der Waals surface area contributed by atoms with E-state index in [1.165, 1.54) is 0 Å². The maximum atomic E-state index is 12.2. The molecular formula is C14H18N2O5. The highest BCUT2D eigenvalue weighted by Crippen LogP contribution is 2.32. The summed E-state index contributed by atoms with van der Waals surface area (Å²) in [5.74, 6) is -1.99. The second-order valence-corrected chi connectivity index (χ2v) is 5.66. The second kappa shape index (κ2) is 5.59. The van der Waals surface area contributed by atoms with E-state index in [0.717, 1.165) is 18.6 Å². The predicted molar refractivity (Wildman–Crippen MR) is 74.2 cm³/mol. The molecule has 1 amide bonds. The standard InChI is InChI=1S/C14H18N2O5/c1-8-3-2-4-14(7-8,13(20)21)16-12(19)9-5-10(17)15-11(18)6-9/h5-6,8H,2-4,7H2,1H3,(H,16,19)(H,20,21)(H2,15,17,18). The fraction of sp³-hybridized carbons (Fsp3) is 0.500. The minimum atomic E-state index is -1.31. The molecule has 1 aromatic rings. The van der Waals surface area contributed by atoms with Crippen LogP contribution in [0.2, 0.25) is 0 Å². The van der Waals surface area contributed by atoms with Gasteiger partial charge in [0.05, 0.1) is 5.56 Å². The van der Waals surface area contributed by atoms with Gasteiger partial charge in [-0.05, 0) is 18.8 Å². The molecular weight excluding hydrogens is 276 g/mol. The van der Waals surface area contributed by atoms with Gasteiger partial charge in [-0.1, -0.05) is 19.8 Å². The first-order valence-electron chi connectivity index (χ1n) is 6.82. The zero-order valence-corrected chi connectivity index (χ0v) is 11.7. The van der Waals surface area contributed by atoms with Crippen LogP contribution in [0.5, 0.6) is 5.88 Å². The first-order chi connectivity index (χ1) is 9.82. The fourth-order valence-electron chi connectivity index (χ4n) is 2.86. The number of aromatic nitrogens is 1. The lowest BCUT2D eigenvalue weighted by Gasteiger charge is -2.37. The van der Waals surface area contributed by atoms with E-state index >= 15 is 0 Å². The minimum absolute atomic E-state index is 0.0601. The SMILES string of the molecule is CC1CCCC(NC(=O)c2cc(O)[nH]c(=O)c2)(C(=O)O)C1. The third-order valence-corrected chi connectivity index (χ3v) is 3.85. The predicted octanol–water partition coefficient (Wildman–Crippen LogP) is 0.844. The van der Waals surface area contributed by atoms with E-state index in [0.29, 0.717) is 19.3 Å². The van der Waals surface area contributed by atoms with E-state index in [1.54, 1.807) is 0 Å². The van der Waals surface area contributed by atoms with Crippen LogP contribution in [0.4, 0.5) is 0 Å². The van der Waals surface area contributed by atoms with Crippen LogP contribution in [0.25, 0.3) is 0 Å². The summed E-state index contributed by atoms with van der Waals surface area (Å²) in [6.45, 7) is 1.95. The van der Waals surface area contributed by atoms with Gasteiger partial charge in [0.15, 0.2) is 5.88 Å². The number of carboxylic acid groups (broad SMARTS) is 1. The van der Waals surface area contributed by atoms with Gasteiger partial charge in [0.25, 0.3) is 11.5 Å². The van der Waals surface area contributed by atoms with Gasteiger partial charge in [0.1, 0.15) is 5.54 Å². The van der Waals surface area contributed by atoms with Crippen LogP contribution < -0.4 is 10.9 Å². The van der Waals surface area contributed by atoms with Crippen molar-refractivity contribution in [2.24, 2.45) is 5.92 Å². The Bertz CT molecular complexity index is 624. The summed E-state index contributed by atoms with van der Waals surface area (Å²) in [5, 5.41) is 21.3. The zero-order valence-electron chi connectivity index (χ0n) is 11.7. The molecule has 0 radical (unpaired) electrons. The molecule has 2 rings (SSSR count). The number of carbonyl (C=O) groups excluding carboxylic acids is 1. The number of amides is 1. The Morgan fingerprint density at radius 2 is 2.14 bits per heavy atom. The Kier molecular flexibility index (Phi) is 4.02. The molecule has 4 N–H and O–H groups in total. The highest BCUT2D eigenvalue weighted by Gasteiger charge is 2.43. The van der Waals surface area contributed by atoms with Gasteiger partial charge in [-0.15, -0.1) is 0 Å². The maximum Gasteiger partial charge on any atom is 0.329 e. The molecule has 0 aromatic carbocycles. The van der Waals surface area contributed by atoms with Crippen LogP contribution in [-0.4, -0.2) is 32.6 Å². The first-order valence-corrected chi connectivity index (χ1v) is 6.82. The van der Waals surface area contributed by atoms with Gasteiger partial charge in [0, 0.05) is 12.1 Å². The van der Waals surface area contributed by atoms with Crippen LogP contribution >= 0.6 is 0 Å². The van der Waals surface area contributed by atoms with Crippen LogP contribution in [0.3, 0.4) is 0 Å². The zero-order chi connectivity index (χ0) is 15.6. The Morgan fingerprint density at radius 1 is 1.43 bits per heavy atom. The van der Waals surface area contributed by atoms with Gasteiger partial charge in [-0.25, -0.2) is 4.79 Å². The van der Waals surface area contributed by atoms with E-state index in [1.807, 2.05) is 6.92 Å². The number of carbonyl (C=O) groups is 2. The number of pyridine rings is 1. The van der Waals surface area contributed by atoms with Crippen molar-refractivity contribution in [2.75, 3.05) is 0 Å². The van der Waals surface area contributed by atoms with E-state index < -0.39 is 28.9 Å². The monoisotopic (exact) mass is 294 g/mol. The number of hydrogen-bond acceptors (Lipinski definition) is 4. The van der Waals surface area contributed by atoms with Gasteiger partial charge >= 0.3 is 5.97 Å². The molecule has 21 heavy (non-hydrogen) atoms. The Hall–Kier alpha value is -2.31. The number of hydrogen-bond donors (Lipinski definition) is 4. The van der Waals surface area contributed by atoms with E-state index in [4.69, 9.17) is 0 Å². The van der Waals surface area contributed by atoms with Crippen molar-refractivity contribution in [1.29, 1.82) is 0 Å². The molecule has 1 fully saturated rings. The third-order valence-electron chi connectivity index (χ3n) is 3.85. The number of rotatable bonds is 3. The lowest BCUT2D eigenvalue weighted by atomic mass is 9.76. The van der Waals surface area contributed by atoms with Gasteiger partial charge in [-0.2, -0.15) is 0 Å². The van der Waals surface area contributed by atoms with E-state index in [2.05, 4.69) is 10.3 Å². The molecule has 7 nitrogen and oxygen atoms in total. The van der Waals surface area contributed by atoms with Crippen molar-refractivity contribution < 1.29 is 19.8 Å². The van der Waals surface area contributed by atoms with Crippen molar-refractivity contribution in [2.45, 2.75) is 38.1 Å². The summed E-state index contributed by atoms with van der Waals surface area (Å²) >= 11 is 0. The molecule has 2 unspecified atom stereocenters. The molecule has 1 aliphatic carbocycles. The van der Waals surface area contributed by atoms with Gasteiger partial charge in [-0.3, -0.25) is 14.6 Å². The van der Waals surface area contributed by atoms with Crippen LogP contribution in [0, 0.1) is 5.92 Å². The van der Waals surface area contributed by atoms with E-state index in [9.17, 15) is 24.6 Å². The summed E-state index contributed by atoms with van der Waals surface area (Å²) in [5.41, 5.74) is -2.00. The Morgan fingerprint density at radius 3 is 2.71 bits per heavy atom. The lowest BCUT2D eigenvalue weighted by Crippen LogP contribution is -2.56. The van der Waals surface area contributed by atoms with Crippen LogP contribution in [0.15, 0.2) is 16.9 Å². The summed E-state index contributed by atoms with van der Waals surface area (Å²) in [7, 11) is 0. The molecule has 1 heterocycles. The van der Waals surface area contributed by atoms with Crippen molar-refractivity contribution in [1.82, 2.24) is 10.3 Å². The molecule has 7 heteroatoms. The third kappa shape index (κ3) is 3.24. The molecule has 0 aliphatic heterocycles. The summed E-state index contributed by atoms with van der Waals surface area (Å²) in [6.07, 6.45) is 2.35. The number of carboxylic acids is 1. The smallest absolute Gasteiger partial charge is 0.329 e. The summed E-state index contributed by atoms with van der Waals surface area (Å²) in [6, 6.07) is 2.12. The number of aliphatic carboxylic acids is 1. The molecule has 0 saturated heterocycles. The van der Waals surface area contributed by atoms with Crippen molar-refractivity contribution in [3.8, 4) is 5.88 Å². The van der Waals surface area contributed by atoms with Gasteiger partial charge < -0.3 is 15.5 Å².